The Labute approximate surface area is 222 Å². The lowest BCUT2D eigenvalue weighted by atomic mass is 9.43. The number of methoxy groups -OCH3 is 1. The molecule has 1 amide bonds. The molecule has 4 saturated carbocycles. The molecule has 0 saturated heterocycles. The highest BCUT2D eigenvalue weighted by Gasteiger charge is 2.65. The van der Waals surface area contributed by atoms with Crippen LogP contribution in [0.1, 0.15) is 78.6 Å². The van der Waals surface area contributed by atoms with Crippen molar-refractivity contribution >= 4 is 11.6 Å². The van der Waals surface area contributed by atoms with Crippen molar-refractivity contribution in [2.45, 2.75) is 96.9 Å². The van der Waals surface area contributed by atoms with Crippen LogP contribution in [0, 0.1) is 46.3 Å². The van der Waals surface area contributed by atoms with Crippen LogP contribution in [-0.2, 0) is 4.79 Å². The minimum atomic E-state index is -0.397. The number of para-hydroxylation sites is 2. The molecule has 6 heteroatoms. The predicted molar refractivity (Wildman–Crippen MR) is 144 cm³/mol. The number of carbonyl (C=O) groups is 1. The summed E-state index contributed by atoms with van der Waals surface area (Å²) in [6, 6.07) is 7.46. The molecule has 37 heavy (non-hydrogen) atoms. The molecule has 11 atom stereocenters. The Kier molecular flexibility index (Phi) is 7.40. The zero-order valence-electron chi connectivity index (χ0n) is 23.0. The number of rotatable bonds is 6. The van der Waals surface area contributed by atoms with Crippen molar-refractivity contribution in [3.63, 3.8) is 0 Å². The van der Waals surface area contributed by atoms with Crippen molar-refractivity contribution in [1.82, 2.24) is 0 Å². The molecule has 0 aliphatic heterocycles. The van der Waals surface area contributed by atoms with Crippen LogP contribution in [0.25, 0.3) is 0 Å². The number of nitrogens with one attached hydrogen (secondary N) is 1. The van der Waals surface area contributed by atoms with E-state index in [1.54, 1.807) is 7.11 Å². The number of amides is 1. The fourth-order valence-electron chi connectivity index (χ4n) is 9.65. The fraction of sp³-hybridized carbons (Fsp3) is 0.774. The van der Waals surface area contributed by atoms with Crippen molar-refractivity contribution in [3.05, 3.63) is 24.3 Å². The average molecular weight is 514 g/mol. The number of aliphatic hydroxyl groups excluding tert-OH is 3. The van der Waals surface area contributed by atoms with E-state index in [4.69, 9.17) is 4.74 Å². The minimum absolute atomic E-state index is 0.0125. The molecule has 0 aromatic heterocycles. The van der Waals surface area contributed by atoms with Crippen molar-refractivity contribution < 1.29 is 24.9 Å². The maximum Gasteiger partial charge on any atom is 0.224 e. The monoisotopic (exact) mass is 513 g/mol. The fourth-order valence-corrected chi connectivity index (χ4v) is 9.65. The Hall–Kier alpha value is -1.63. The Morgan fingerprint density at radius 3 is 2.59 bits per heavy atom. The van der Waals surface area contributed by atoms with Gasteiger partial charge in [-0.1, -0.05) is 32.9 Å². The standard InChI is InChI=1S/C31H47NO5/c1-18(9-12-28(36)32-24-7-5-6-8-26(24)37-4)21-10-11-22-29-23(17-27(35)31(21,22)3)30(2)14-13-20(33)15-19(30)16-25(29)34/h5-8,18-23,25,27,29,33-35H,9-17H2,1-4H3,(H,32,36). The highest BCUT2D eigenvalue weighted by Crippen LogP contribution is 2.68. The van der Waals surface area contributed by atoms with Crippen LogP contribution in [0.3, 0.4) is 0 Å². The molecule has 1 aromatic rings. The van der Waals surface area contributed by atoms with Crippen LogP contribution in [0.15, 0.2) is 24.3 Å². The third kappa shape index (κ3) is 4.51. The molecule has 0 radical (unpaired) electrons. The van der Waals surface area contributed by atoms with Gasteiger partial charge in [-0.25, -0.2) is 0 Å². The van der Waals surface area contributed by atoms with Crippen LogP contribution in [-0.4, -0.2) is 46.6 Å². The van der Waals surface area contributed by atoms with Gasteiger partial charge < -0.3 is 25.4 Å². The SMILES string of the molecule is COc1ccccc1NC(=O)CCC(C)C1CCC2C3C(O)CC4CC(O)CCC4(C)C3CC(O)C12C. The first-order valence-electron chi connectivity index (χ1n) is 14.6. The van der Waals surface area contributed by atoms with Gasteiger partial charge in [0.15, 0.2) is 0 Å². The van der Waals surface area contributed by atoms with Gasteiger partial charge in [-0.3, -0.25) is 4.79 Å². The number of ether oxygens (including phenoxy) is 1. The normalized spacial score (nSPS) is 43.8. The van der Waals surface area contributed by atoms with Gasteiger partial charge in [0, 0.05) is 6.42 Å². The van der Waals surface area contributed by atoms with Gasteiger partial charge in [-0.2, -0.15) is 0 Å². The molecule has 0 spiro atoms. The van der Waals surface area contributed by atoms with Crippen molar-refractivity contribution in [2.75, 3.05) is 12.4 Å². The summed E-state index contributed by atoms with van der Waals surface area (Å²) in [5, 5.41) is 36.5. The number of aliphatic hydroxyl groups is 3. The molecule has 0 heterocycles. The second-order valence-electron chi connectivity index (χ2n) is 13.3. The summed E-state index contributed by atoms with van der Waals surface area (Å²) in [5.41, 5.74) is 0.543. The van der Waals surface area contributed by atoms with E-state index in [0.29, 0.717) is 47.4 Å². The third-order valence-corrected chi connectivity index (χ3v) is 11.7. The first-order valence-corrected chi connectivity index (χ1v) is 14.6. The highest BCUT2D eigenvalue weighted by molar-refractivity contribution is 5.92. The van der Waals surface area contributed by atoms with E-state index in [-0.39, 0.29) is 34.9 Å². The Balaban J connectivity index is 1.28. The number of benzene rings is 1. The number of carbonyl (C=O) groups excluding carboxylic acids is 1. The van der Waals surface area contributed by atoms with Gasteiger partial charge in [-0.15, -0.1) is 0 Å². The van der Waals surface area contributed by atoms with E-state index in [1.807, 2.05) is 24.3 Å². The maximum atomic E-state index is 12.8. The summed E-state index contributed by atoms with van der Waals surface area (Å²) in [7, 11) is 1.60. The number of anilines is 1. The predicted octanol–water partition coefficient (Wildman–Crippen LogP) is 5.01. The molecule has 11 unspecified atom stereocenters. The van der Waals surface area contributed by atoms with Crippen molar-refractivity contribution in [2.24, 2.45) is 46.3 Å². The van der Waals surface area contributed by atoms with Crippen molar-refractivity contribution in [3.8, 4) is 5.75 Å². The Morgan fingerprint density at radius 2 is 1.84 bits per heavy atom. The number of hydrogen-bond acceptors (Lipinski definition) is 5. The van der Waals surface area contributed by atoms with Gasteiger partial charge in [0.25, 0.3) is 0 Å². The molecule has 206 valence electrons. The summed E-state index contributed by atoms with van der Waals surface area (Å²) in [6.07, 6.45) is 6.42. The Morgan fingerprint density at radius 1 is 1.08 bits per heavy atom. The van der Waals surface area contributed by atoms with Crippen LogP contribution >= 0.6 is 0 Å². The van der Waals surface area contributed by atoms with Gasteiger partial charge in [0.2, 0.25) is 5.91 Å². The summed E-state index contributed by atoms with van der Waals surface area (Å²) in [4.78, 5) is 12.8. The smallest absolute Gasteiger partial charge is 0.224 e. The molecule has 4 aliphatic carbocycles. The van der Waals surface area contributed by atoms with E-state index in [1.165, 1.54) is 0 Å². The second kappa shape index (κ2) is 10.2. The lowest BCUT2D eigenvalue weighted by Crippen LogP contribution is -2.62. The summed E-state index contributed by atoms with van der Waals surface area (Å²) in [5.74, 6) is 2.44. The lowest BCUT2D eigenvalue weighted by molar-refractivity contribution is -0.207. The summed E-state index contributed by atoms with van der Waals surface area (Å²) < 4.78 is 5.36. The van der Waals surface area contributed by atoms with Gasteiger partial charge in [0.05, 0.1) is 31.1 Å². The van der Waals surface area contributed by atoms with Crippen LogP contribution < -0.4 is 10.1 Å². The summed E-state index contributed by atoms with van der Waals surface area (Å²) in [6.45, 7) is 6.88. The Bertz CT molecular complexity index is 984. The molecule has 4 fully saturated rings. The zero-order chi connectivity index (χ0) is 26.5. The number of hydrogen-bond donors (Lipinski definition) is 4. The highest BCUT2D eigenvalue weighted by atomic mass is 16.5. The van der Waals surface area contributed by atoms with E-state index >= 15 is 0 Å². The second-order valence-corrected chi connectivity index (χ2v) is 13.3. The lowest BCUT2D eigenvalue weighted by Gasteiger charge is -2.63. The molecular weight excluding hydrogens is 466 g/mol. The van der Waals surface area contributed by atoms with Crippen LogP contribution in [0.5, 0.6) is 5.75 Å². The first kappa shape index (κ1) is 27.0. The average Bonchev–Trinajstić information content (AvgIpc) is 3.23. The molecule has 4 aliphatic rings. The molecule has 4 N–H and O–H groups in total. The van der Waals surface area contributed by atoms with Crippen LogP contribution in [0.2, 0.25) is 0 Å². The minimum Gasteiger partial charge on any atom is -0.495 e. The van der Waals surface area contributed by atoms with Crippen molar-refractivity contribution in [1.29, 1.82) is 0 Å². The van der Waals surface area contributed by atoms with Crippen LogP contribution in [0.4, 0.5) is 5.69 Å². The maximum absolute atomic E-state index is 12.8. The summed E-state index contributed by atoms with van der Waals surface area (Å²) >= 11 is 0. The quantitative estimate of drug-likeness (QED) is 0.429. The topological polar surface area (TPSA) is 99.0 Å². The number of fused-ring (bicyclic) bond motifs is 5. The van der Waals surface area contributed by atoms with E-state index < -0.39 is 6.10 Å². The first-order chi connectivity index (χ1) is 17.6. The molecule has 5 rings (SSSR count). The third-order valence-electron chi connectivity index (χ3n) is 11.7. The molecule has 0 bridgehead atoms. The van der Waals surface area contributed by atoms with E-state index in [9.17, 15) is 20.1 Å². The van der Waals surface area contributed by atoms with Gasteiger partial charge >= 0.3 is 0 Å². The van der Waals surface area contributed by atoms with Gasteiger partial charge in [-0.05, 0) is 110 Å². The molecule has 6 nitrogen and oxygen atoms in total. The van der Waals surface area contributed by atoms with E-state index in [0.717, 1.165) is 51.4 Å². The van der Waals surface area contributed by atoms with Gasteiger partial charge in [0.1, 0.15) is 5.75 Å². The molecule has 1 aromatic carbocycles. The largest absolute Gasteiger partial charge is 0.495 e. The zero-order valence-corrected chi connectivity index (χ0v) is 23.0. The molecular formula is C31H47NO5. The van der Waals surface area contributed by atoms with E-state index in [2.05, 4.69) is 26.1 Å².